The van der Waals surface area contributed by atoms with E-state index in [1.54, 1.807) is 0 Å². The van der Waals surface area contributed by atoms with Gasteiger partial charge in [0.05, 0.1) is 5.75 Å². The van der Waals surface area contributed by atoms with Crippen LogP contribution >= 0.6 is 23.1 Å². The van der Waals surface area contributed by atoms with Crippen LogP contribution in [0.15, 0.2) is 4.34 Å². The van der Waals surface area contributed by atoms with Gasteiger partial charge in [0.2, 0.25) is 5.13 Å². The van der Waals surface area contributed by atoms with Gasteiger partial charge in [0.1, 0.15) is 0 Å². The molecule has 5 nitrogen and oxygen atoms in total. The summed E-state index contributed by atoms with van der Waals surface area (Å²) in [6.45, 7) is 0.994. The summed E-state index contributed by atoms with van der Waals surface area (Å²) >= 11 is 2.67. The number of hydrogen-bond donors (Lipinski definition) is 2. The van der Waals surface area contributed by atoms with Crippen molar-refractivity contribution in [3.8, 4) is 0 Å². The lowest BCUT2D eigenvalue weighted by atomic mass is 9.98. The maximum Gasteiger partial charge on any atom is 0.313 e. The number of carboxylic acid groups (broad SMARTS) is 1. The maximum absolute atomic E-state index is 10.5. The van der Waals surface area contributed by atoms with E-state index in [0.29, 0.717) is 0 Å². The summed E-state index contributed by atoms with van der Waals surface area (Å²) in [4.78, 5) is 10.5. The fraction of sp³-hybridized carbons (Fsp3) is 0.750. The number of thioether (sulfide) groups is 1. The highest BCUT2D eigenvalue weighted by Gasteiger charge is 2.41. The molecule has 1 aromatic heterocycles. The van der Waals surface area contributed by atoms with Gasteiger partial charge in [-0.1, -0.05) is 23.1 Å². The van der Waals surface area contributed by atoms with E-state index in [1.807, 2.05) is 0 Å². The van der Waals surface area contributed by atoms with E-state index in [1.165, 1.54) is 48.8 Å². The molecular formula is C12H17N3O2S2. The van der Waals surface area contributed by atoms with Crippen LogP contribution in [0.1, 0.15) is 25.7 Å². The van der Waals surface area contributed by atoms with E-state index in [2.05, 4.69) is 15.5 Å². The van der Waals surface area contributed by atoms with E-state index in [-0.39, 0.29) is 5.75 Å². The number of anilines is 1. The minimum absolute atomic E-state index is 0.0431. The van der Waals surface area contributed by atoms with Gasteiger partial charge in [0.15, 0.2) is 4.34 Å². The lowest BCUT2D eigenvalue weighted by Crippen LogP contribution is -2.18. The Bertz CT molecular complexity index is 446. The minimum atomic E-state index is -0.822. The average Bonchev–Trinajstić information content (AvgIpc) is 3.28. The Balaban J connectivity index is 1.47. The highest BCUT2D eigenvalue weighted by atomic mass is 32.2. The zero-order chi connectivity index (χ0) is 13.2. The predicted octanol–water partition coefficient (Wildman–Crippen LogP) is 2.56. The van der Waals surface area contributed by atoms with Crippen molar-refractivity contribution in [3.63, 3.8) is 0 Å². The lowest BCUT2D eigenvalue weighted by Gasteiger charge is -2.15. The van der Waals surface area contributed by atoms with Crippen molar-refractivity contribution in [1.29, 1.82) is 0 Å². The van der Waals surface area contributed by atoms with Crippen LogP contribution in [0.2, 0.25) is 0 Å². The molecule has 2 aliphatic carbocycles. The van der Waals surface area contributed by atoms with Crippen molar-refractivity contribution in [2.75, 3.05) is 17.6 Å². The average molecular weight is 299 g/mol. The first-order valence-corrected chi connectivity index (χ1v) is 8.44. The lowest BCUT2D eigenvalue weighted by molar-refractivity contribution is -0.133. The van der Waals surface area contributed by atoms with E-state index in [4.69, 9.17) is 5.11 Å². The molecule has 19 heavy (non-hydrogen) atoms. The molecule has 1 heterocycles. The molecule has 2 aliphatic rings. The quantitative estimate of drug-likeness (QED) is 0.719. The van der Waals surface area contributed by atoms with Gasteiger partial charge in [-0.25, -0.2) is 0 Å². The van der Waals surface area contributed by atoms with E-state index >= 15 is 0 Å². The largest absolute Gasteiger partial charge is 0.481 e. The summed E-state index contributed by atoms with van der Waals surface area (Å²) in [5.41, 5.74) is 0. The van der Waals surface area contributed by atoms with Gasteiger partial charge >= 0.3 is 5.97 Å². The molecule has 0 aromatic carbocycles. The second kappa shape index (κ2) is 5.66. The monoisotopic (exact) mass is 299 g/mol. The summed E-state index contributed by atoms with van der Waals surface area (Å²) in [5.74, 6) is 1.88. The summed E-state index contributed by atoms with van der Waals surface area (Å²) in [6.07, 6.45) is 5.55. The highest BCUT2D eigenvalue weighted by Crippen LogP contribution is 2.49. The zero-order valence-electron chi connectivity index (χ0n) is 10.5. The van der Waals surface area contributed by atoms with Crippen LogP contribution in [-0.2, 0) is 4.79 Å². The number of nitrogens with zero attached hydrogens (tertiary/aromatic N) is 2. The fourth-order valence-electron chi connectivity index (χ4n) is 2.44. The first kappa shape index (κ1) is 13.2. The Hall–Kier alpha value is -0.820. The number of carboxylic acids is 1. The van der Waals surface area contributed by atoms with Crippen LogP contribution < -0.4 is 5.32 Å². The first-order chi connectivity index (χ1) is 9.22. The van der Waals surface area contributed by atoms with Gasteiger partial charge in [-0.15, -0.1) is 10.2 Å². The van der Waals surface area contributed by atoms with Gasteiger partial charge in [0.25, 0.3) is 0 Å². The number of rotatable bonds is 8. The molecule has 2 N–H and O–H groups in total. The Kier molecular flexibility index (Phi) is 3.93. The van der Waals surface area contributed by atoms with Crippen molar-refractivity contribution >= 4 is 34.2 Å². The Morgan fingerprint density at radius 3 is 2.63 bits per heavy atom. The maximum atomic E-state index is 10.5. The molecule has 0 unspecified atom stereocenters. The van der Waals surface area contributed by atoms with Gasteiger partial charge in [-0.2, -0.15) is 0 Å². The number of aromatic nitrogens is 2. The van der Waals surface area contributed by atoms with Gasteiger partial charge in [0, 0.05) is 6.54 Å². The van der Waals surface area contributed by atoms with Crippen molar-refractivity contribution in [2.24, 2.45) is 17.8 Å². The van der Waals surface area contributed by atoms with Gasteiger partial charge in [-0.05, 0) is 43.4 Å². The highest BCUT2D eigenvalue weighted by molar-refractivity contribution is 8.01. The number of hydrogen-bond acceptors (Lipinski definition) is 6. The summed E-state index contributed by atoms with van der Waals surface area (Å²) < 4.78 is 0.722. The summed E-state index contributed by atoms with van der Waals surface area (Å²) in [6, 6.07) is 0. The van der Waals surface area contributed by atoms with Crippen LogP contribution in [0.5, 0.6) is 0 Å². The van der Waals surface area contributed by atoms with E-state index < -0.39 is 5.97 Å². The zero-order valence-corrected chi connectivity index (χ0v) is 12.2. The van der Waals surface area contributed by atoms with Crippen molar-refractivity contribution in [3.05, 3.63) is 0 Å². The van der Waals surface area contributed by atoms with Crippen LogP contribution in [-0.4, -0.2) is 33.6 Å². The second-order valence-electron chi connectivity index (χ2n) is 5.28. The van der Waals surface area contributed by atoms with Crippen molar-refractivity contribution < 1.29 is 9.90 Å². The smallest absolute Gasteiger partial charge is 0.313 e. The van der Waals surface area contributed by atoms with Crippen LogP contribution in [0.4, 0.5) is 5.13 Å². The molecule has 2 fully saturated rings. The summed E-state index contributed by atoms with van der Waals surface area (Å²) in [5, 5.41) is 20.9. The molecule has 0 spiro atoms. The molecule has 0 radical (unpaired) electrons. The molecule has 0 atom stereocenters. The Labute approximate surface area is 120 Å². The molecule has 1 aromatic rings. The Morgan fingerprint density at radius 1 is 1.37 bits per heavy atom. The minimum Gasteiger partial charge on any atom is -0.481 e. The Morgan fingerprint density at radius 2 is 2.05 bits per heavy atom. The third-order valence-corrected chi connectivity index (χ3v) is 5.67. The van der Waals surface area contributed by atoms with Crippen molar-refractivity contribution in [1.82, 2.24) is 10.2 Å². The fourth-order valence-corrected chi connectivity index (χ4v) is 3.91. The van der Waals surface area contributed by atoms with E-state index in [9.17, 15) is 4.79 Å². The predicted molar refractivity (Wildman–Crippen MR) is 75.7 cm³/mol. The molecule has 104 valence electrons. The molecule has 0 aliphatic heterocycles. The van der Waals surface area contributed by atoms with Gasteiger partial charge < -0.3 is 10.4 Å². The molecule has 3 rings (SSSR count). The van der Waals surface area contributed by atoms with Crippen LogP contribution in [0.25, 0.3) is 0 Å². The van der Waals surface area contributed by atoms with E-state index in [0.717, 1.165) is 33.8 Å². The summed E-state index contributed by atoms with van der Waals surface area (Å²) in [7, 11) is 0. The second-order valence-corrected chi connectivity index (χ2v) is 7.48. The van der Waals surface area contributed by atoms with Crippen LogP contribution in [0, 0.1) is 17.8 Å². The molecular weight excluding hydrogens is 282 g/mol. The van der Waals surface area contributed by atoms with Gasteiger partial charge in [-0.3, -0.25) is 4.79 Å². The molecule has 0 bridgehead atoms. The molecule has 0 saturated heterocycles. The number of nitrogens with one attached hydrogen (secondary N) is 1. The third kappa shape index (κ3) is 3.82. The SMILES string of the molecule is O=C(O)CSc1nnc(NCC(C2CC2)C2CC2)s1. The normalized spacial score (nSPS) is 18.8. The number of aliphatic carboxylic acids is 1. The third-order valence-electron chi connectivity index (χ3n) is 3.67. The molecule has 0 amide bonds. The topological polar surface area (TPSA) is 75.1 Å². The standard InChI is InChI=1S/C12H17N3O2S2/c16-10(17)6-18-12-15-14-11(19-12)13-5-9(7-1-2-7)8-3-4-8/h7-9H,1-6H2,(H,13,14)(H,16,17). The van der Waals surface area contributed by atoms with Crippen molar-refractivity contribution in [2.45, 2.75) is 30.0 Å². The first-order valence-electron chi connectivity index (χ1n) is 6.64. The molecule has 7 heteroatoms. The number of carbonyl (C=O) groups is 1. The molecule has 2 saturated carbocycles. The van der Waals surface area contributed by atoms with Crippen LogP contribution in [0.3, 0.4) is 0 Å².